The Kier molecular flexibility index (Phi) is 4.48. The summed E-state index contributed by atoms with van der Waals surface area (Å²) in [5.74, 6) is 1.98. The third-order valence-corrected chi connectivity index (χ3v) is 3.65. The second kappa shape index (κ2) is 5.95. The normalized spacial score (nSPS) is 12.1. The molecule has 110 valence electrons. The Morgan fingerprint density at radius 1 is 1.35 bits per heavy atom. The Morgan fingerprint density at radius 3 is 2.70 bits per heavy atom. The van der Waals surface area contributed by atoms with Gasteiger partial charge in [0.2, 0.25) is 5.88 Å². The van der Waals surface area contributed by atoms with Crippen molar-refractivity contribution in [3.05, 3.63) is 12.2 Å². The molecule has 0 atom stereocenters. The Balaban J connectivity index is 2.69. The van der Waals surface area contributed by atoms with Gasteiger partial charge in [0.05, 0.1) is 7.11 Å². The molecule has 0 saturated heterocycles. The molecule has 20 heavy (non-hydrogen) atoms. The van der Waals surface area contributed by atoms with Crippen LogP contribution in [0.1, 0.15) is 39.4 Å². The average molecular weight is 297 g/mol. The highest BCUT2D eigenvalue weighted by molar-refractivity contribution is 6.17. The molecule has 0 aliphatic carbocycles. The van der Waals surface area contributed by atoms with Crippen molar-refractivity contribution in [2.45, 2.75) is 45.6 Å². The summed E-state index contributed by atoms with van der Waals surface area (Å²) in [6.07, 6.45) is 4.36. The topological polar surface area (TPSA) is 52.8 Å². The van der Waals surface area contributed by atoms with Crippen LogP contribution in [0.2, 0.25) is 0 Å². The molecular formula is C14H21ClN4O. The van der Waals surface area contributed by atoms with Gasteiger partial charge in [-0.2, -0.15) is 4.98 Å². The van der Waals surface area contributed by atoms with Crippen molar-refractivity contribution in [3.63, 3.8) is 0 Å². The first kappa shape index (κ1) is 15.0. The lowest BCUT2D eigenvalue weighted by Gasteiger charge is -2.28. The predicted octanol–water partition coefficient (Wildman–Crippen LogP) is 3.15. The number of imidazole rings is 1. The Labute approximate surface area is 124 Å². The van der Waals surface area contributed by atoms with Crippen molar-refractivity contribution in [3.8, 4) is 5.88 Å². The van der Waals surface area contributed by atoms with Crippen molar-refractivity contribution < 1.29 is 4.74 Å². The van der Waals surface area contributed by atoms with E-state index in [-0.39, 0.29) is 5.54 Å². The molecule has 0 fully saturated rings. The zero-order valence-electron chi connectivity index (χ0n) is 12.5. The number of hydrogen-bond donors (Lipinski definition) is 0. The van der Waals surface area contributed by atoms with Crippen molar-refractivity contribution in [2.75, 3.05) is 13.0 Å². The van der Waals surface area contributed by atoms with Crippen LogP contribution in [0.25, 0.3) is 11.2 Å². The van der Waals surface area contributed by atoms with Gasteiger partial charge >= 0.3 is 0 Å². The van der Waals surface area contributed by atoms with E-state index < -0.39 is 0 Å². The van der Waals surface area contributed by atoms with Gasteiger partial charge in [0, 0.05) is 17.8 Å². The summed E-state index contributed by atoms with van der Waals surface area (Å²) in [7, 11) is 1.60. The maximum Gasteiger partial charge on any atom is 0.245 e. The molecule has 0 aliphatic heterocycles. The zero-order valence-corrected chi connectivity index (χ0v) is 13.2. The number of aryl methyl sites for hydroxylation is 1. The number of alkyl halides is 1. The summed E-state index contributed by atoms with van der Waals surface area (Å²) in [5, 5.41) is 0. The molecule has 5 nitrogen and oxygen atoms in total. The first-order chi connectivity index (χ1) is 9.55. The number of fused-ring (bicyclic) bond motifs is 1. The quantitative estimate of drug-likeness (QED) is 0.768. The molecule has 0 aromatic carbocycles. The highest BCUT2D eigenvalue weighted by Crippen LogP contribution is 2.31. The lowest BCUT2D eigenvalue weighted by Crippen LogP contribution is -2.28. The second-order valence-corrected chi connectivity index (χ2v) is 5.80. The average Bonchev–Trinajstić information content (AvgIpc) is 2.77. The van der Waals surface area contributed by atoms with Crippen molar-refractivity contribution in [1.82, 2.24) is 19.5 Å². The molecule has 2 aromatic rings. The summed E-state index contributed by atoms with van der Waals surface area (Å²) in [6, 6.07) is 0. The van der Waals surface area contributed by atoms with Gasteiger partial charge in [-0.3, -0.25) is 0 Å². The van der Waals surface area contributed by atoms with Crippen molar-refractivity contribution in [1.29, 1.82) is 0 Å². The van der Waals surface area contributed by atoms with E-state index in [2.05, 4.69) is 40.3 Å². The molecule has 0 N–H and O–H groups in total. The number of nitrogens with zero attached hydrogens (tertiary/aromatic N) is 4. The fourth-order valence-corrected chi connectivity index (χ4v) is 2.85. The monoisotopic (exact) mass is 296 g/mol. The van der Waals surface area contributed by atoms with Crippen molar-refractivity contribution >= 4 is 22.8 Å². The Morgan fingerprint density at radius 2 is 2.10 bits per heavy atom. The second-order valence-electron chi connectivity index (χ2n) is 5.42. The van der Waals surface area contributed by atoms with Crippen molar-refractivity contribution in [2.24, 2.45) is 0 Å². The summed E-state index contributed by atoms with van der Waals surface area (Å²) < 4.78 is 7.47. The molecule has 2 rings (SSSR count). The van der Waals surface area contributed by atoms with Gasteiger partial charge < -0.3 is 9.30 Å². The lowest BCUT2D eigenvalue weighted by atomic mass is 9.98. The van der Waals surface area contributed by atoms with Crippen LogP contribution < -0.4 is 4.74 Å². The maximum absolute atomic E-state index is 5.92. The summed E-state index contributed by atoms with van der Waals surface area (Å²) in [5.41, 5.74) is 1.46. The maximum atomic E-state index is 5.92. The molecule has 2 heterocycles. The van der Waals surface area contributed by atoms with Crippen LogP contribution in [0, 0.1) is 0 Å². The predicted molar refractivity (Wildman–Crippen MR) is 80.5 cm³/mol. The number of halogens is 1. The SMILES string of the molecule is CCCC(C)(C)n1c(CCCl)nc2c(OC)ncnc21. The van der Waals surface area contributed by atoms with E-state index in [1.165, 1.54) is 6.33 Å². The van der Waals surface area contributed by atoms with E-state index in [0.29, 0.717) is 23.7 Å². The molecule has 0 aliphatic rings. The molecule has 0 saturated carbocycles. The van der Waals surface area contributed by atoms with E-state index in [1.807, 2.05) is 0 Å². The van der Waals surface area contributed by atoms with Crippen LogP contribution in [-0.4, -0.2) is 32.5 Å². The van der Waals surface area contributed by atoms with Gasteiger partial charge in [-0.15, -0.1) is 11.6 Å². The van der Waals surface area contributed by atoms with Crippen LogP contribution in [-0.2, 0) is 12.0 Å². The zero-order chi connectivity index (χ0) is 14.8. The van der Waals surface area contributed by atoms with Crippen LogP contribution in [0.4, 0.5) is 0 Å². The van der Waals surface area contributed by atoms with Gasteiger partial charge in [0.25, 0.3) is 0 Å². The van der Waals surface area contributed by atoms with Gasteiger partial charge in [0.15, 0.2) is 11.2 Å². The number of hydrogen-bond acceptors (Lipinski definition) is 4. The molecular weight excluding hydrogens is 276 g/mol. The summed E-state index contributed by atoms with van der Waals surface area (Å²) >= 11 is 5.92. The van der Waals surface area contributed by atoms with Gasteiger partial charge in [0.1, 0.15) is 12.2 Å². The van der Waals surface area contributed by atoms with Crippen LogP contribution in [0.15, 0.2) is 6.33 Å². The minimum atomic E-state index is -0.0652. The first-order valence-corrected chi connectivity index (χ1v) is 7.41. The highest BCUT2D eigenvalue weighted by Gasteiger charge is 2.27. The van der Waals surface area contributed by atoms with E-state index in [0.717, 1.165) is 24.3 Å². The van der Waals surface area contributed by atoms with E-state index in [4.69, 9.17) is 16.3 Å². The summed E-state index contributed by atoms with van der Waals surface area (Å²) in [4.78, 5) is 13.2. The molecule has 0 unspecified atom stereocenters. The number of methoxy groups -OCH3 is 1. The standard InChI is InChI=1S/C14H21ClN4O/c1-5-7-14(2,3)19-10(6-8-15)18-11-12(19)16-9-17-13(11)20-4/h9H,5-8H2,1-4H3. The smallest absolute Gasteiger partial charge is 0.245 e. The van der Waals surface area contributed by atoms with Gasteiger partial charge in [-0.25, -0.2) is 9.97 Å². The van der Waals surface area contributed by atoms with Crippen LogP contribution in [0.5, 0.6) is 5.88 Å². The molecule has 0 amide bonds. The fourth-order valence-electron chi connectivity index (χ4n) is 2.68. The highest BCUT2D eigenvalue weighted by atomic mass is 35.5. The van der Waals surface area contributed by atoms with Crippen LogP contribution in [0.3, 0.4) is 0 Å². The first-order valence-electron chi connectivity index (χ1n) is 6.88. The summed E-state index contributed by atoms with van der Waals surface area (Å²) in [6.45, 7) is 6.57. The minimum Gasteiger partial charge on any atom is -0.479 e. The van der Waals surface area contributed by atoms with E-state index >= 15 is 0 Å². The molecule has 0 bridgehead atoms. The Bertz CT molecular complexity index is 594. The Hall–Kier alpha value is -1.36. The van der Waals surface area contributed by atoms with E-state index in [1.54, 1.807) is 7.11 Å². The minimum absolute atomic E-state index is 0.0652. The number of rotatable bonds is 6. The molecule has 0 radical (unpaired) electrons. The number of aromatic nitrogens is 4. The lowest BCUT2D eigenvalue weighted by molar-refractivity contribution is 0.322. The molecule has 6 heteroatoms. The molecule has 2 aromatic heterocycles. The fraction of sp³-hybridized carbons (Fsp3) is 0.643. The largest absolute Gasteiger partial charge is 0.479 e. The van der Waals surface area contributed by atoms with Gasteiger partial charge in [-0.05, 0) is 20.3 Å². The third kappa shape index (κ3) is 2.59. The third-order valence-electron chi connectivity index (χ3n) is 3.46. The van der Waals surface area contributed by atoms with E-state index in [9.17, 15) is 0 Å². The molecule has 0 spiro atoms. The van der Waals surface area contributed by atoms with Crippen LogP contribution >= 0.6 is 11.6 Å². The van der Waals surface area contributed by atoms with Gasteiger partial charge in [-0.1, -0.05) is 13.3 Å². The number of ether oxygens (including phenoxy) is 1.